The van der Waals surface area contributed by atoms with E-state index in [2.05, 4.69) is 33.2 Å². The first-order valence-corrected chi connectivity index (χ1v) is 18.5. The smallest absolute Gasteiger partial charge is 0.445 e. The molecule has 2 aliphatic heterocycles. The monoisotopic (exact) mass is 766 g/mol. The molecular formula is C41H43ClF4N4O4. The molecule has 6 rings (SSSR count). The zero-order valence-corrected chi connectivity index (χ0v) is 30.5. The van der Waals surface area contributed by atoms with Crippen molar-refractivity contribution < 1.29 is 36.6 Å². The number of rotatable bonds is 12. The van der Waals surface area contributed by atoms with Gasteiger partial charge in [-0.2, -0.15) is 0 Å². The van der Waals surface area contributed by atoms with Crippen LogP contribution in [-0.4, -0.2) is 84.9 Å². The number of halogens is 5. The van der Waals surface area contributed by atoms with Gasteiger partial charge in [-0.1, -0.05) is 84.4 Å². The van der Waals surface area contributed by atoms with Gasteiger partial charge in [0.25, 0.3) is 0 Å². The summed E-state index contributed by atoms with van der Waals surface area (Å²) >= 11 is 6.40. The number of nitrogens with one attached hydrogen (secondary N) is 1. The van der Waals surface area contributed by atoms with Gasteiger partial charge in [-0.05, 0) is 84.8 Å². The molecule has 2 aliphatic rings. The molecule has 0 radical (unpaired) electrons. The Morgan fingerprint density at radius 2 is 1.52 bits per heavy atom. The largest absolute Gasteiger partial charge is 0.573 e. The predicted octanol–water partition coefficient (Wildman–Crippen LogP) is 7.94. The molecule has 0 spiro atoms. The van der Waals surface area contributed by atoms with Gasteiger partial charge in [0.2, 0.25) is 5.91 Å². The normalized spacial score (nSPS) is 16.5. The lowest BCUT2D eigenvalue weighted by molar-refractivity contribution is -0.275. The summed E-state index contributed by atoms with van der Waals surface area (Å²) in [6, 6.07) is 27.9. The molecule has 1 N–H and O–H groups in total. The van der Waals surface area contributed by atoms with Crippen molar-refractivity contribution in [3.8, 4) is 16.9 Å². The molecule has 13 heteroatoms. The van der Waals surface area contributed by atoms with Crippen molar-refractivity contribution in [2.24, 2.45) is 5.92 Å². The Kier molecular flexibility index (Phi) is 13.1. The van der Waals surface area contributed by atoms with Crippen LogP contribution in [-0.2, 0) is 29.1 Å². The minimum absolute atomic E-state index is 0.0509. The van der Waals surface area contributed by atoms with E-state index in [0.29, 0.717) is 31.0 Å². The van der Waals surface area contributed by atoms with Gasteiger partial charge in [-0.3, -0.25) is 9.69 Å². The number of carbonyl (C=O) groups excluding carboxylic acids is 2. The average Bonchev–Trinajstić information content (AvgIpc) is 3.17. The van der Waals surface area contributed by atoms with Crippen molar-refractivity contribution in [1.82, 2.24) is 20.0 Å². The second-order valence-corrected chi connectivity index (χ2v) is 14.1. The fourth-order valence-electron chi connectivity index (χ4n) is 7.19. The SMILES string of the molecule is O=C(N[C@@H](C(=O)N1CCN(Cc2c(F)cccc2OC(F)(F)F)CC1)C1CCN(CCc2cc(Cl)ccc2-c2ccccc2)CC1)OCc1ccccc1. The number of hydrogen-bond donors (Lipinski definition) is 1. The highest BCUT2D eigenvalue weighted by Gasteiger charge is 2.37. The van der Waals surface area contributed by atoms with Crippen molar-refractivity contribution in [2.45, 2.75) is 44.8 Å². The number of ether oxygens (including phenoxy) is 2. The Labute approximate surface area is 317 Å². The predicted molar refractivity (Wildman–Crippen MR) is 198 cm³/mol. The lowest BCUT2D eigenvalue weighted by atomic mass is 9.88. The number of likely N-dealkylation sites (tertiary alicyclic amines) is 1. The van der Waals surface area contributed by atoms with Crippen LogP contribution in [0, 0.1) is 11.7 Å². The number of alkyl halides is 3. The minimum atomic E-state index is -4.96. The lowest BCUT2D eigenvalue weighted by Crippen LogP contribution is -2.58. The van der Waals surface area contributed by atoms with Crippen LogP contribution in [0.15, 0.2) is 97.1 Å². The van der Waals surface area contributed by atoms with E-state index in [1.54, 1.807) is 9.80 Å². The van der Waals surface area contributed by atoms with Crippen molar-refractivity contribution in [3.05, 3.63) is 125 Å². The molecule has 0 aliphatic carbocycles. The van der Waals surface area contributed by atoms with Gasteiger partial charge in [0, 0.05) is 49.9 Å². The minimum Gasteiger partial charge on any atom is -0.445 e. The Morgan fingerprint density at radius 3 is 2.20 bits per heavy atom. The third-order valence-corrected chi connectivity index (χ3v) is 10.3. The number of alkyl carbamates (subject to hydrolysis) is 1. The van der Waals surface area contributed by atoms with Crippen LogP contribution in [0.2, 0.25) is 5.02 Å². The number of piperidine rings is 1. The zero-order valence-electron chi connectivity index (χ0n) is 29.7. The molecule has 54 heavy (non-hydrogen) atoms. The second kappa shape index (κ2) is 18.1. The van der Waals surface area contributed by atoms with Gasteiger partial charge in [0.1, 0.15) is 24.2 Å². The van der Waals surface area contributed by atoms with Crippen LogP contribution in [0.1, 0.15) is 29.5 Å². The molecule has 2 fully saturated rings. The molecular weight excluding hydrogens is 724 g/mol. The molecule has 2 heterocycles. The quantitative estimate of drug-likeness (QED) is 0.148. The van der Waals surface area contributed by atoms with Crippen LogP contribution < -0.4 is 10.1 Å². The van der Waals surface area contributed by atoms with E-state index in [-0.39, 0.29) is 43.6 Å². The third kappa shape index (κ3) is 10.7. The maximum Gasteiger partial charge on any atom is 0.573 e. The van der Waals surface area contributed by atoms with Crippen LogP contribution in [0.4, 0.5) is 22.4 Å². The topological polar surface area (TPSA) is 74.4 Å². The summed E-state index contributed by atoms with van der Waals surface area (Å²) in [5, 5.41) is 3.56. The van der Waals surface area contributed by atoms with E-state index in [1.165, 1.54) is 6.07 Å². The number of hydrogen-bond acceptors (Lipinski definition) is 6. The van der Waals surface area contributed by atoms with E-state index in [1.807, 2.05) is 60.7 Å². The molecule has 8 nitrogen and oxygen atoms in total. The second-order valence-electron chi connectivity index (χ2n) is 13.6. The third-order valence-electron chi connectivity index (χ3n) is 10.1. The lowest BCUT2D eigenvalue weighted by Gasteiger charge is -2.40. The summed E-state index contributed by atoms with van der Waals surface area (Å²) in [5.41, 5.74) is 4.04. The molecule has 4 aromatic rings. The summed E-state index contributed by atoms with van der Waals surface area (Å²) in [5.74, 6) is -1.79. The van der Waals surface area contributed by atoms with Crippen molar-refractivity contribution in [1.29, 1.82) is 0 Å². The van der Waals surface area contributed by atoms with Gasteiger partial charge < -0.3 is 24.6 Å². The van der Waals surface area contributed by atoms with Crippen LogP contribution in [0.25, 0.3) is 11.1 Å². The molecule has 1 atom stereocenters. The summed E-state index contributed by atoms with van der Waals surface area (Å²) in [4.78, 5) is 33.1. The van der Waals surface area contributed by atoms with E-state index >= 15 is 0 Å². The van der Waals surface area contributed by atoms with Crippen molar-refractivity contribution >= 4 is 23.6 Å². The molecule has 2 saturated heterocycles. The van der Waals surface area contributed by atoms with Gasteiger partial charge in [0.15, 0.2) is 0 Å². The molecule has 0 unspecified atom stereocenters. The van der Waals surface area contributed by atoms with Crippen molar-refractivity contribution in [3.63, 3.8) is 0 Å². The van der Waals surface area contributed by atoms with Gasteiger partial charge in [-0.15, -0.1) is 13.2 Å². The maximum absolute atomic E-state index is 14.7. The highest BCUT2D eigenvalue weighted by atomic mass is 35.5. The summed E-state index contributed by atoms with van der Waals surface area (Å²) < 4.78 is 63.2. The van der Waals surface area contributed by atoms with E-state index in [9.17, 15) is 27.2 Å². The zero-order chi connectivity index (χ0) is 38.1. The number of amides is 2. The van der Waals surface area contributed by atoms with Crippen LogP contribution >= 0.6 is 11.6 Å². The van der Waals surface area contributed by atoms with Gasteiger partial charge >= 0.3 is 12.5 Å². The van der Waals surface area contributed by atoms with E-state index < -0.39 is 30.1 Å². The summed E-state index contributed by atoms with van der Waals surface area (Å²) in [6.07, 6.45) is -3.51. The molecule has 4 aromatic carbocycles. The van der Waals surface area contributed by atoms with Crippen LogP contribution in [0.5, 0.6) is 5.75 Å². The first-order valence-electron chi connectivity index (χ1n) is 18.1. The number of nitrogens with zero attached hydrogens (tertiary/aromatic N) is 3. The average molecular weight is 767 g/mol. The number of piperazine rings is 1. The van der Waals surface area contributed by atoms with E-state index in [4.69, 9.17) is 16.3 Å². The first-order chi connectivity index (χ1) is 26.0. The Balaban J connectivity index is 1.08. The first kappa shape index (κ1) is 39.1. The Hall–Kier alpha value is -4.65. The molecule has 0 bridgehead atoms. The van der Waals surface area contributed by atoms with Gasteiger partial charge in [-0.25, -0.2) is 9.18 Å². The fraction of sp³-hybridized carbons (Fsp3) is 0.366. The standard InChI is InChI=1S/C41H43ClF4N4O4/c42-33-14-15-34(30-10-5-2-6-11-30)32(26-33)18-21-48-19-16-31(17-20-48)38(47-40(52)53-28-29-8-3-1-4-9-29)39(51)50-24-22-49(23-25-50)27-35-36(43)12-7-13-37(35)54-41(44,45)46/h1-15,26,31,38H,16-25,27-28H2,(H,47,52)/t38-/m1/s1. The maximum atomic E-state index is 14.7. The molecule has 0 saturated carbocycles. The van der Waals surface area contributed by atoms with E-state index in [0.717, 1.165) is 60.4 Å². The van der Waals surface area contributed by atoms with Gasteiger partial charge in [0.05, 0.1) is 0 Å². The molecule has 286 valence electrons. The fourth-order valence-corrected chi connectivity index (χ4v) is 7.38. The Bertz CT molecular complexity index is 1850. The summed E-state index contributed by atoms with van der Waals surface area (Å²) in [6.45, 7) is 3.29. The van der Waals surface area contributed by atoms with Crippen molar-refractivity contribution in [2.75, 3.05) is 45.8 Å². The Morgan fingerprint density at radius 1 is 0.833 bits per heavy atom. The van der Waals surface area contributed by atoms with Crippen LogP contribution in [0.3, 0.4) is 0 Å². The number of carbonyl (C=O) groups is 2. The molecule has 0 aromatic heterocycles. The summed E-state index contributed by atoms with van der Waals surface area (Å²) in [7, 11) is 0. The number of benzene rings is 4. The highest BCUT2D eigenvalue weighted by molar-refractivity contribution is 6.30. The highest BCUT2D eigenvalue weighted by Crippen LogP contribution is 2.31. The molecule has 2 amide bonds.